The fourth-order valence-corrected chi connectivity index (χ4v) is 4.06. The summed E-state index contributed by atoms with van der Waals surface area (Å²) in [6.07, 6.45) is 0. The van der Waals surface area contributed by atoms with Crippen LogP contribution in [0.5, 0.6) is 11.5 Å². The number of methoxy groups -OCH3 is 2. The van der Waals surface area contributed by atoms with Gasteiger partial charge in [-0.3, -0.25) is 9.59 Å². The van der Waals surface area contributed by atoms with Gasteiger partial charge in [0, 0.05) is 22.3 Å². The maximum atomic E-state index is 13.8. The second kappa shape index (κ2) is 9.43. The maximum Gasteiger partial charge on any atom is 0.258 e. The number of aryl methyl sites for hydroxylation is 3. The van der Waals surface area contributed by atoms with Crippen molar-refractivity contribution in [2.75, 3.05) is 19.1 Å². The van der Waals surface area contributed by atoms with Crippen LogP contribution >= 0.6 is 0 Å². The number of amides is 1. The number of benzene rings is 3. The van der Waals surface area contributed by atoms with E-state index in [9.17, 15) is 9.59 Å². The van der Waals surface area contributed by atoms with Crippen molar-refractivity contribution < 1.29 is 14.3 Å². The smallest absolute Gasteiger partial charge is 0.258 e. The fourth-order valence-electron chi connectivity index (χ4n) is 4.06. The Kier molecular flexibility index (Phi) is 6.41. The predicted molar refractivity (Wildman–Crippen MR) is 135 cm³/mol. The first-order valence-electron chi connectivity index (χ1n) is 11.0. The number of hydrogen-bond donors (Lipinski definition) is 1. The van der Waals surface area contributed by atoms with Crippen LogP contribution in [0.1, 0.15) is 32.6 Å². The molecule has 1 aromatic heterocycles. The number of hydrogen-bond acceptors (Lipinski definition) is 4. The van der Waals surface area contributed by atoms with E-state index in [1.54, 1.807) is 30.2 Å². The summed E-state index contributed by atoms with van der Waals surface area (Å²) in [5, 5.41) is 0.925. The number of fused-ring (bicyclic) bond motifs is 1. The molecule has 0 spiro atoms. The highest BCUT2D eigenvalue weighted by molar-refractivity contribution is 6.07. The summed E-state index contributed by atoms with van der Waals surface area (Å²) in [6.45, 7) is 6.06. The fraction of sp³-hybridized carbons (Fsp3) is 0.214. The van der Waals surface area contributed by atoms with Gasteiger partial charge in [0.05, 0.1) is 20.8 Å². The van der Waals surface area contributed by atoms with E-state index in [0.29, 0.717) is 22.6 Å². The third kappa shape index (κ3) is 4.53. The summed E-state index contributed by atoms with van der Waals surface area (Å²) in [5.41, 5.74) is 5.30. The van der Waals surface area contributed by atoms with Crippen LogP contribution in [0.25, 0.3) is 10.9 Å². The molecule has 1 heterocycles. The molecule has 3 aromatic carbocycles. The third-order valence-corrected chi connectivity index (χ3v) is 5.94. The van der Waals surface area contributed by atoms with Gasteiger partial charge in [0.2, 0.25) is 0 Å². The Bertz CT molecular complexity index is 1440. The molecule has 0 radical (unpaired) electrons. The Morgan fingerprint density at radius 2 is 1.56 bits per heavy atom. The lowest BCUT2D eigenvalue weighted by Gasteiger charge is -2.25. The Morgan fingerprint density at radius 1 is 0.853 bits per heavy atom. The Hall–Kier alpha value is -4.06. The normalized spacial score (nSPS) is 10.9. The summed E-state index contributed by atoms with van der Waals surface area (Å²) in [5.74, 6) is 0.769. The second-order valence-corrected chi connectivity index (χ2v) is 8.47. The zero-order chi connectivity index (χ0) is 24.4. The average Bonchev–Trinajstić information content (AvgIpc) is 2.83. The molecule has 0 unspecified atom stereocenters. The largest absolute Gasteiger partial charge is 0.493 e. The van der Waals surface area contributed by atoms with Crippen molar-refractivity contribution >= 4 is 22.5 Å². The van der Waals surface area contributed by atoms with Crippen LogP contribution in [0.3, 0.4) is 0 Å². The van der Waals surface area contributed by atoms with Gasteiger partial charge in [0.1, 0.15) is 0 Å². The lowest BCUT2D eigenvalue weighted by Crippen LogP contribution is -2.33. The molecule has 0 bridgehead atoms. The molecule has 0 saturated carbocycles. The number of carbonyl (C=O) groups excluding carboxylic acids is 1. The molecule has 0 atom stereocenters. The van der Waals surface area contributed by atoms with Crippen molar-refractivity contribution in [3.8, 4) is 11.5 Å². The van der Waals surface area contributed by atoms with Crippen LogP contribution in [0, 0.1) is 20.8 Å². The first-order valence-corrected chi connectivity index (χ1v) is 11.0. The van der Waals surface area contributed by atoms with E-state index in [1.807, 2.05) is 63.2 Å². The van der Waals surface area contributed by atoms with Gasteiger partial charge in [-0.15, -0.1) is 0 Å². The molecule has 4 rings (SSSR count). The van der Waals surface area contributed by atoms with E-state index in [0.717, 1.165) is 33.3 Å². The number of pyridine rings is 1. The molecule has 0 aliphatic carbocycles. The quantitative estimate of drug-likeness (QED) is 0.426. The lowest BCUT2D eigenvalue weighted by atomic mass is 10.1. The van der Waals surface area contributed by atoms with Gasteiger partial charge in [0.15, 0.2) is 11.5 Å². The lowest BCUT2D eigenvalue weighted by molar-refractivity contribution is 0.0984. The number of carbonyl (C=O) groups is 1. The summed E-state index contributed by atoms with van der Waals surface area (Å²) in [7, 11) is 3.08. The molecule has 0 aliphatic rings. The van der Waals surface area contributed by atoms with Crippen molar-refractivity contribution in [3.63, 3.8) is 0 Å². The number of ether oxygens (including phenoxy) is 2. The van der Waals surface area contributed by atoms with Crippen LogP contribution in [0.2, 0.25) is 0 Å². The number of H-pyrrole nitrogens is 1. The molecule has 4 aromatic rings. The number of rotatable bonds is 6. The number of aromatic nitrogens is 1. The highest BCUT2D eigenvalue weighted by Gasteiger charge is 2.23. The van der Waals surface area contributed by atoms with Crippen LogP contribution < -0.4 is 19.9 Å². The molecule has 34 heavy (non-hydrogen) atoms. The second-order valence-electron chi connectivity index (χ2n) is 8.47. The van der Waals surface area contributed by atoms with Crippen molar-refractivity contribution in [2.24, 2.45) is 0 Å². The molecular weight excluding hydrogens is 428 g/mol. The highest BCUT2D eigenvalue weighted by Crippen LogP contribution is 2.30. The zero-order valence-corrected chi connectivity index (χ0v) is 20.1. The maximum absolute atomic E-state index is 13.8. The Morgan fingerprint density at radius 3 is 2.29 bits per heavy atom. The minimum absolute atomic E-state index is 0.122. The van der Waals surface area contributed by atoms with Gasteiger partial charge in [-0.05, 0) is 79.7 Å². The van der Waals surface area contributed by atoms with E-state index >= 15 is 0 Å². The summed E-state index contributed by atoms with van der Waals surface area (Å²) in [6, 6.07) is 18.8. The van der Waals surface area contributed by atoms with Crippen molar-refractivity contribution in [1.82, 2.24) is 4.98 Å². The van der Waals surface area contributed by atoms with Crippen LogP contribution in [-0.4, -0.2) is 25.1 Å². The van der Waals surface area contributed by atoms with E-state index in [2.05, 4.69) is 4.98 Å². The van der Waals surface area contributed by atoms with Gasteiger partial charge in [-0.1, -0.05) is 23.8 Å². The molecule has 1 N–H and O–H groups in total. The highest BCUT2D eigenvalue weighted by atomic mass is 16.5. The molecule has 174 valence electrons. The molecule has 0 fully saturated rings. The third-order valence-electron chi connectivity index (χ3n) is 5.94. The molecule has 0 aliphatic heterocycles. The van der Waals surface area contributed by atoms with Crippen LogP contribution in [0.15, 0.2) is 65.5 Å². The first-order chi connectivity index (χ1) is 16.3. The van der Waals surface area contributed by atoms with E-state index in [-0.39, 0.29) is 18.0 Å². The number of anilines is 1. The predicted octanol–water partition coefficient (Wildman–Crippen LogP) is 5.32. The number of nitrogens with zero attached hydrogens (tertiary/aromatic N) is 1. The average molecular weight is 457 g/mol. The zero-order valence-electron chi connectivity index (χ0n) is 20.1. The topological polar surface area (TPSA) is 71.6 Å². The SMILES string of the molecule is COc1ccc(C(=O)N(Cc2cc3cc(C)ccc3[nH]c2=O)c2cc(C)ccc2C)cc1OC. The van der Waals surface area contributed by atoms with E-state index in [1.165, 1.54) is 7.11 Å². The molecule has 6 nitrogen and oxygen atoms in total. The molecule has 1 amide bonds. The van der Waals surface area contributed by atoms with Crippen molar-refractivity contribution in [2.45, 2.75) is 27.3 Å². The van der Waals surface area contributed by atoms with Gasteiger partial charge in [-0.25, -0.2) is 0 Å². The monoisotopic (exact) mass is 456 g/mol. The molecule has 6 heteroatoms. The first kappa shape index (κ1) is 23.1. The Balaban J connectivity index is 1.83. The summed E-state index contributed by atoms with van der Waals surface area (Å²) >= 11 is 0. The van der Waals surface area contributed by atoms with Crippen molar-refractivity contribution in [3.05, 3.63) is 98.8 Å². The molecular formula is C28H28N2O4. The van der Waals surface area contributed by atoms with Crippen LogP contribution in [-0.2, 0) is 6.54 Å². The van der Waals surface area contributed by atoms with Crippen molar-refractivity contribution in [1.29, 1.82) is 0 Å². The van der Waals surface area contributed by atoms with E-state index in [4.69, 9.17) is 9.47 Å². The minimum atomic E-state index is -0.238. The van der Waals surface area contributed by atoms with Gasteiger partial charge >= 0.3 is 0 Å². The standard InChI is InChI=1S/C28H28N2O4/c1-17-7-10-23-21(12-17)14-22(27(31)29-23)16-30(24-13-18(2)6-8-19(24)3)28(32)20-9-11-25(33-4)26(15-20)34-5/h6-15H,16H2,1-5H3,(H,29,31). The number of nitrogens with one attached hydrogen (secondary N) is 1. The summed E-state index contributed by atoms with van der Waals surface area (Å²) in [4.78, 5) is 31.4. The van der Waals surface area contributed by atoms with Gasteiger partial charge in [-0.2, -0.15) is 0 Å². The van der Waals surface area contributed by atoms with Gasteiger partial charge in [0.25, 0.3) is 11.5 Å². The number of aromatic amines is 1. The molecule has 0 saturated heterocycles. The van der Waals surface area contributed by atoms with Crippen LogP contribution in [0.4, 0.5) is 5.69 Å². The van der Waals surface area contributed by atoms with Gasteiger partial charge < -0.3 is 19.4 Å². The Labute approximate surface area is 198 Å². The minimum Gasteiger partial charge on any atom is -0.493 e. The summed E-state index contributed by atoms with van der Waals surface area (Å²) < 4.78 is 10.7. The van der Waals surface area contributed by atoms with E-state index < -0.39 is 0 Å².